The van der Waals surface area contributed by atoms with E-state index in [1.54, 1.807) is 10.9 Å². The van der Waals surface area contributed by atoms with Gasteiger partial charge in [0, 0.05) is 12.3 Å². The number of anilines is 1. The van der Waals surface area contributed by atoms with Gasteiger partial charge in [0.25, 0.3) is 0 Å². The third-order valence-corrected chi connectivity index (χ3v) is 3.41. The molecular formula is C13H15F3N6O. The van der Waals surface area contributed by atoms with E-state index in [9.17, 15) is 13.2 Å². The summed E-state index contributed by atoms with van der Waals surface area (Å²) < 4.78 is 45.2. The quantitative estimate of drug-likeness (QED) is 0.924. The van der Waals surface area contributed by atoms with Crippen LogP contribution in [-0.4, -0.2) is 38.2 Å². The summed E-state index contributed by atoms with van der Waals surface area (Å²) in [4.78, 5) is 7.43. The van der Waals surface area contributed by atoms with E-state index in [1.807, 2.05) is 0 Å². The fraction of sp³-hybridized carbons (Fsp3) is 0.538. The lowest BCUT2D eigenvalue weighted by atomic mass is 10.3. The van der Waals surface area contributed by atoms with Crippen LogP contribution < -0.4 is 5.32 Å². The fourth-order valence-electron chi connectivity index (χ4n) is 2.27. The highest BCUT2D eigenvalue weighted by atomic mass is 19.4. The topological polar surface area (TPSA) is 77.8 Å². The van der Waals surface area contributed by atoms with Crippen molar-refractivity contribution in [2.75, 3.05) is 18.5 Å². The number of aromatic nitrogens is 5. The Morgan fingerprint density at radius 2 is 2.22 bits per heavy atom. The molecule has 0 bridgehead atoms. The van der Waals surface area contributed by atoms with Crippen LogP contribution in [-0.2, 0) is 17.5 Å². The molecule has 1 unspecified atom stereocenters. The van der Waals surface area contributed by atoms with Crippen LogP contribution in [0.2, 0.25) is 0 Å². The Labute approximate surface area is 129 Å². The standard InChI is InChI=1S/C13H15F3N6O/c1-8-4-11(13(14,15)16)19-12(18-8)17-5-9-6-22(21-20-9)10-2-3-23-7-10/h4,6,10H,2-3,5,7H2,1H3,(H,17,18,19). The third kappa shape index (κ3) is 3.76. The zero-order valence-corrected chi connectivity index (χ0v) is 12.3. The summed E-state index contributed by atoms with van der Waals surface area (Å²) in [5.41, 5.74) is -0.142. The van der Waals surface area contributed by atoms with Crippen LogP contribution in [0.25, 0.3) is 0 Å². The predicted octanol–water partition coefficient (Wildman–Crippen LogP) is 1.97. The van der Waals surface area contributed by atoms with Crippen molar-refractivity contribution < 1.29 is 17.9 Å². The Bertz CT molecular complexity index is 681. The van der Waals surface area contributed by atoms with E-state index in [1.165, 1.54) is 6.92 Å². The normalized spacial score (nSPS) is 18.3. The molecule has 1 saturated heterocycles. The van der Waals surface area contributed by atoms with Crippen molar-refractivity contribution in [3.05, 3.63) is 29.3 Å². The number of hydrogen-bond donors (Lipinski definition) is 1. The Kier molecular flexibility index (Phi) is 4.16. The molecule has 1 aliphatic rings. The second-order valence-electron chi connectivity index (χ2n) is 5.28. The highest BCUT2D eigenvalue weighted by molar-refractivity contribution is 5.29. The van der Waals surface area contributed by atoms with Gasteiger partial charge < -0.3 is 10.1 Å². The van der Waals surface area contributed by atoms with Gasteiger partial charge in [-0.3, -0.25) is 0 Å². The number of aryl methyl sites for hydroxylation is 1. The van der Waals surface area contributed by atoms with Crippen LogP contribution in [0.4, 0.5) is 19.1 Å². The van der Waals surface area contributed by atoms with E-state index in [-0.39, 0.29) is 24.2 Å². The van der Waals surface area contributed by atoms with Gasteiger partial charge in [-0.1, -0.05) is 5.21 Å². The minimum absolute atomic E-state index is 0.0870. The molecule has 0 amide bonds. The van der Waals surface area contributed by atoms with Crippen LogP contribution >= 0.6 is 0 Å². The smallest absolute Gasteiger partial charge is 0.379 e. The summed E-state index contributed by atoms with van der Waals surface area (Å²) in [5.74, 6) is -0.0870. The number of nitrogens with one attached hydrogen (secondary N) is 1. The summed E-state index contributed by atoms with van der Waals surface area (Å²) in [6, 6.07) is 1.06. The van der Waals surface area contributed by atoms with Gasteiger partial charge >= 0.3 is 6.18 Å². The molecular weight excluding hydrogens is 313 g/mol. The van der Waals surface area contributed by atoms with Crippen molar-refractivity contribution in [1.82, 2.24) is 25.0 Å². The van der Waals surface area contributed by atoms with Gasteiger partial charge in [0.2, 0.25) is 5.95 Å². The van der Waals surface area contributed by atoms with Gasteiger partial charge in [0.05, 0.1) is 25.4 Å². The van der Waals surface area contributed by atoms with Crippen molar-refractivity contribution in [3.63, 3.8) is 0 Å². The van der Waals surface area contributed by atoms with E-state index in [4.69, 9.17) is 4.74 Å². The van der Waals surface area contributed by atoms with Crippen molar-refractivity contribution in [1.29, 1.82) is 0 Å². The summed E-state index contributed by atoms with van der Waals surface area (Å²) in [6.07, 6.45) is -1.89. The molecule has 23 heavy (non-hydrogen) atoms. The molecule has 0 spiro atoms. The van der Waals surface area contributed by atoms with Gasteiger partial charge in [0.1, 0.15) is 11.4 Å². The number of alkyl halides is 3. The summed E-state index contributed by atoms with van der Waals surface area (Å²) in [6.45, 7) is 2.95. The highest BCUT2D eigenvalue weighted by Crippen LogP contribution is 2.28. The van der Waals surface area contributed by atoms with Gasteiger partial charge in [-0.15, -0.1) is 5.10 Å². The van der Waals surface area contributed by atoms with Crippen molar-refractivity contribution in [3.8, 4) is 0 Å². The molecule has 0 aliphatic carbocycles. The summed E-state index contributed by atoms with van der Waals surface area (Å²) in [7, 11) is 0. The summed E-state index contributed by atoms with van der Waals surface area (Å²) >= 11 is 0. The molecule has 2 aromatic rings. The maximum absolute atomic E-state index is 12.7. The molecule has 1 atom stereocenters. The molecule has 2 aromatic heterocycles. The first-order valence-corrected chi connectivity index (χ1v) is 7.07. The second kappa shape index (κ2) is 6.11. The Morgan fingerprint density at radius 1 is 1.39 bits per heavy atom. The molecule has 0 saturated carbocycles. The van der Waals surface area contributed by atoms with Crippen LogP contribution in [0.1, 0.15) is 29.5 Å². The lowest BCUT2D eigenvalue weighted by Crippen LogP contribution is -2.13. The number of rotatable bonds is 4. The molecule has 124 valence electrons. The number of hydrogen-bond acceptors (Lipinski definition) is 6. The number of halogens is 3. The predicted molar refractivity (Wildman–Crippen MR) is 73.6 cm³/mol. The molecule has 1 aliphatic heterocycles. The van der Waals surface area contributed by atoms with Gasteiger partial charge in [-0.05, 0) is 19.4 Å². The van der Waals surface area contributed by atoms with E-state index in [0.29, 0.717) is 18.9 Å². The van der Waals surface area contributed by atoms with E-state index < -0.39 is 11.9 Å². The Morgan fingerprint density at radius 3 is 2.91 bits per heavy atom. The average Bonchev–Trinajstić information content (AvgIpc) is 3.15. The van der Waals surface area contributed by atoms with E-state index in [0.717, 1.165) is 12.5 Å². The molecule has 1 fully saturated rings. The first-order valence-electron chi connectivity index (χ1n) is 7.07. The second-order valence-corrected chi connectivity index (χ2v) is 5.28. The van der Waals surface area contributed by atoms with E-state index >= 15 is 0 Å². The van der Waals surface area contributed by atoms with Gasteiger partial charge in [-0.2, -0.15) is 13.2 Å². The lowest BCUT2D eigenvalue weighted by Gasteiger charge is -2.09. The lowest BCUT2D eigenvalue weighted by molar-refractivity contribution is -0.141. The highest BCUT2D eigenvalue weighted by Gasteiger charge is 2.33. The molecule has 7 nitrogen and oxygen atoms in total. The van der Waals surface area contributed by atoms with Gasteiger partial charge in [-0.25, -0.2) is 14.6 Å². The SMILES string of the molecule is Cc1cc(C(F)(F)F)nc(NCc2cn(C3CCOC3)nn2)n1. The molecule has 10 heteroatoms. The van der Waals surface area contributed by atoms with Crippen LogP contribution in [0, 0.1) is 6.92 Å². The molecule has 0 aromatic carbocycles. The molecule has 3 rings (SSSR count). The molecule has 0 radical (unpaired) electrons. The van der Waals surface area contributed by atoms with E-state index in [2.05, 4.69) is 25.6 Å². The maximum Gasteiger partial charge on any atom is 0.433 e. The number of ether oxygens (including phenoxy) is 1. The first-order chi connectivity index (χ1) is 10.9. The zero-order valence-electron chi connectivity index (χ0n) is 12.3. The van der Waals surface area contributed by atoms with Crippen molar-refractivity contribution in [2.24, 2.45) is 0 Å². The van der Waals surface area contributed by atoms with Crippen molar-refractivity contribution >= 4 is 5.95 Å². The van der Waals surface area contributed by atoms with Crippen molar-refractivity contribution in [2.45, 2.75) is 32.1 Å². The van der Waals surface area contributed by atoms with Crippen LogP contribution in [0.3, 0.4) is 0 Å². The fourth-order valence-corrected chi connectivity index (χ4v) is 2.27. The first kappa shape index (κ1) is 15.7. The zero-order chi connectivity index (χ0) is 16.4. The Balaban J connectivity index is 1.67. The maximum atomic E-state index is 12.7. The average molecular weight is 328 g/mol. The Hall–Kier alpha value is -2.23. The molecule has 3 heterocycles. The largest absolute Gasteiger partial charge is 0.433 e. The minimum atomic E-state index is -4.50. The third-order valence-electron chi connectivity index (χ3n) is 3.41. The van der Waals surface area contributed by atoms with Crippen LogP contribution in [0.5, 0.6) is 0 Å². The number of nitrogens with zero attached hydrogens (tertiary/aromatic N) is 5. The van der Waals surface area contributed by atoms with Gasteiger partial charge in [0.15, 0.2) is 0 Å². The molecule has 1 N–H and O–H groups in total. The monoisotopic (exact) mass is 328 g/mol. The minimum Gasteiger partial charge on any atom is -0.379 e. The van der Waals surface area contributed by atoms with Crippen LogP contribution in [0.15, 0.2) is 12.3 Å². The summed E-state index contributed by atoms with van der Waals surface area (Å²) in [5, 5.41) is 10.7.